The van der Waals surface area contributed by atoms with E-state index in [1.165, 1.54) is 12.8 Å². The summed E-state index contributed by atoms with van der Waals surface area (Å²) in [6.45, 7) is 0.797. The second-order valence-electron chi connectivity index (χ2n) is 3.89. The molecule has 1 saturated carbocycles. The van der Waals surface area contributed by atoms with E-state index >= 15 is 0 Å². The molecule has 68 valence electrons. The lowest BCUT2D eigenvalue weighted by molar-refractivity contribution is -0.139. The molecular formula is C9H14O3. The van der Waals surface area contributed by atoms with Crippen LogP contribution in [0, 0.1) is 5.92 Å². The highest BCUT2D eigenvalue weighted by molar-refractivity contribution is 5.67. The predicted molar refractivity (Wildman–Crippen MR) is 42.9 cm³/mol. The van der Waals surface area contributed by atoms with Gasteiger partial charge in [0.25, 0.3) is 0 Å². The highest BCUT2D eigenvalue weighted by atomic mass is 16.6. The van der Waals surface area contributed by atoms with Crippen molar-refractivity contribution < 1.29 is 14.6 Å². The molecule has 0 aromatic carbocycles. The molecule has 1 heterocycles. The van der Waals surface area contributed by atoms with Gasteiger partial charge in [-0.15, -0.1) is 0 Å². The number of hydrogen-bond donors (Lipinski definition) is 1. The van der Waals surface area contributed by atoms with Gasteiger partial charge in [0.1, 0.15) is 0 Å². The van der Waals surface area contributed by atoms with Crippen molar-refractivity contribution in [2.24, 2.45) is 5.92 Å². The first-order valence-corrected chi connectivity index (χ1v) is 4.59. The topological polar surface area (TPSA) is 49.8 Å². The van der Waals surface area contributed by atoms with Crippen LogP contribution in [0.3, 0.4) is 0 Å². The third-order valence-corrected chi connectivity index (χ3v) is 3.08. The van der Waals surface area contributed by atoms with Crippen LogP contribution in [0.4, 0.5) is 0 Å². The SMILES string of the molecule is O=C(O)C[C@H]1CCCC[C@]12CO2. The van der Waals surface area contributed by atoms with Gasteiger partial charge in [0, 0.05) is 5.92 Å². The van der Waals surface area contributed by atoms with Crippen molar-refractivity contribution in [2.45, 2.75) is 37.7 Å². The molecular weight excluding hydrogens is 156 g/mol. The number of ether oxygens (including phenoxy) is 1. The monoisotopic (exact) mass is 170 g/mol. The molecule has 0 aromatic heterocycles. The smallest absolute Gasteiger partial charge is 0.303 e. The molecule has 1 aliphatic heterocycles. The van der Waals surface area contributed by atoms with E-state index < -0.39 is 5.97 Å². The zero-order chi connectivity index (χ0) is 8.60. The van der Waals surface area contributed by atoms with Crippen LogP contribution in [0.25, 0.3) is 0 Å². The number of rotatable bonds is 2. The van der Waals surface area contributed by atoms with Gasteiger partial charge < -0.3 is 9.84 Å². The first-order chi connectivity index (χ1) is 5.73. The van der Waals surface area contributed by atoms with E-state index in [1.54, 1.807) is 0 Å². The van der Waals surface area contributed by atoms with Gasteiger partial charge in [-0.1, -0.05) is 12.8 Å². The number of aliphatic carboxylic acids is 1. The van der Waals surface area contributed by atoms with E-state index in [0.717, 1.165) is 19.4 Å². The van der Waals surface area contributed by atoms with Crippen molar-refractivity contribution in [3.05, 3.63) is 0 Å². The van der Waals surface area contributed by atoms with Crippen molar-refractivity contribution in [1.29, 1.82) is 0 Å². The van der Waals surface area contributed by atoms with Gasteiger partial charge in [-0.2, -0.15) is 0 Å². The van der Waals surface area contributed by atoms with Crippen LogP contribution in [-0.4, -0.2) is 23.3 Å². The summed E-state index contributed by atoms with van der Waals surface area (Å²) in [6.07, 6.45) is 4.77. The Hall–Kier alpha value is -0.570. The summed E-state index contributed by atoms with van der Waals surface area (Å²) in [5.74, 6) is -0.402. The molecule has 1 N–H and O–H groups in total. The van der Waals surface area contributed by atoms with E-state index in [0.29, 0.717) is 6.42 Å². The normalized spacial score (nSPS) is 39.8. The minimum absolute atomic E-state index is 0.00333. The van der Waals surface area contributed by atoms with Crippen LogP contribution < -0.4 is 0 Å². The Balaban J connectivity index is 1.97. The Morgan fingerprint density at radius 3 is 2.92 bits per heavy atom. The molecule has 2 atom stereocenters. The molecule has 3 heteroatoms. The summed E-state index contributed by atoms with van der Waals surface area (Å²) in [7, 11) is 0. The fourth-order valence-electron chi connectivity index (χ4n) is 2.25. The highest BCUT2D eigenvalue weighted by Gasteiger charge is 2.52. The third-order valence-electron chi connectivity index (χ3n) is 3.08. The minimum atomic E-state index is -0.684. The Labute approximate surface area is 71.7 Å². The lowest BCUT2D eigenvalue weighted by Crippen LogP contribution is -2.30. The number of carbonyl (C=O) groups is 1. The molecule has 0 amide bonds. The predicted octanol–water partition coefficient (Wildman–Crippen LogP) is 1.42. The number of carboxylic acids is 1. The zero-order valence-electron chi connectivity index (χ0n) is 7.08. The van der Waals surface area contributed by atoms with Crippen LogP contribution in [0.15, 0.2) is 0 Å². The van der Waals surface area contributed by atoms with Crippen molar-refractivity contribution in [3.8, 4) is 0 Å². The van der Waals surface area contributed by atoms with Crippen molar-refractivity contribution >= 4 is 5.97 Å². The van der Waals surface area contributed by atoms with Crippen LogP contribution >= 0.6 is 0 Å². The first-order valence-electron chi connectivity index (χ1n) is 4.59. The van der Waals surface area contributed by atoms with Gasteiger partial charge in [0.15, 0.2) is 0 Å². The fraction of sp³-hybridized carbons (Fsp3) is 0.889. The van der Waals surface area contributed by atoms with Crippen LogP contribution in [0.2, 0.25) is 0 Å². The van der Waals surface area contributed by atoms with Gasteiger partial charge in [-0.3, -0.25) is 4.79 Å². The molecule has 2 fully saturated rings. The second-order valence-corrected chi connectivity index (χ2v) is 3.89. The van der Waals surface area contributed by atoms with Gasteiger partial charge in [-0.05, 0) is 12.8 Å². The van der Waals surface area contributed by atoms with E-state index in [4.69, 9.17) is 9.84 Å². The van der Waals surface area contributed by atoms with Gasteiger partial charge in [0.2, 0.25) is 0 Å². The van der Waals surface area contributed by atoms with Crippen LogP contribution in [0.5, 0.6) is 0 Å². The lowest BCUT2D eigenvalue weighted by Gasteiger charge is -2.27. The average Bonchev–Trinajstić information content (AvgIpc) is 2.75. The standard InChI is InChI=1S/C9H14O3/c10-8(11)5-7-3-1-2-4-9(7)6-12-9/h7H,1-6H2,(H,10,11)/t7-,9+/m1/s1. The molecule has 12 heavy (non-hydrogen) atoms. The molecule has 1 saturated heterocycles. The molecule has 1 spiro atoms. The zero-order valence-corrected chi connectivity index (χ0v) is 7.08. The maximum absolute atomic E-state index is 10.5. The largest absolute Gasteiger partial charge is 0.481 e. The molecule has 0 radical (unpaired) electrons. The number of carboxylic acid groups (broad SMARTS) is 1. The summed E-state index contributed by atoms with van der Waals surface area (Å²) in [4.78, 5) is 10.5. The Morgan fingerprint density at radius 2 is 2.33 bits per heavy atom. The molecule has 0 aromatic rings. The molecule has 2 rings (SSSR count). The fourth-order valence-corrected chi connectivity index (χ4v) is 2.25. The summed E-state index contributed by atoms with van der Waals surface area (Å²) in [5, 5.41) is 8.67. The molecule has 0 bridgehead atoms. The van der Waals surface area contributed by atoms with E-state index in [9.17, 15) is 4.79 Å². The quantitative estimate of drug-likeness (QED) is 0.637. The van der Waals surface area contributed by atoms with Gasteiger partial charge in [0.05, 0.1) is 18.6 Å². The van der Waals surface area contributed by atoms with Crippen LogP contribution in [0.1, 0.15) is 32.1 Å². The summed E-state index contributed by atoms with van der Waals surface area (Å²) < 4.78 is 5.39. The maximum atomic E-state index is 10.5. The Bertz CT molecular complexity index is 196. The number of epoxide rings is 1. The van der Waals surface area contributed by atoms with Crippen LogP contribution in [-0.2, 0) is 9.53 Å². The second kappa shape index (κ2) is 2.73. The summed E-state index contributed by atoms with van der Waals surface area (Å²) in [6, 6.07) is 0. The Morgan fingerprint density at radius 1 is 1.58 bits per heavy atom. The van der Waals surface area contributed by atoms with Gasteiger partial charge in [-0.25, -0.2) is 0 Å². The van der Waals surface area contributed by atoms with Crippen molar-refractivity contribution in [2.75, 3.05) is 6.61 Å². The summed E-state index contributed by atoms with van der Waals surface area (Å²) >= 11 is 0. The van der Waals surface area contributed by atoms with E-state index in [1.807, 2.05) is 0 Å². The number of hydrogen-bond acceptors (Lipinski definition) is 2. The Kier molecular flexibility index (Phi) is 1.83. The molecule has 0 unspecified atom stereocenters. The van der Waals surface area contributed by atoms with E-state index in [2.05, 4.69) is 0 Å². The minimum Gasteiger partial charge on any atom is -0.481 e. The first kappa shape index (κ1) is 8.05. The molecule has 3 nitrogen and oxygen atoms in total. The summed E-state index contributed by atoms with van der Waals surface area (Å²) in [5.41, 5.74) is -0.00333. The third kappa shape index (κ3) is 1.33. The van der Waals surface area contributed by atoms with Gasteiger partial charge >= 0.3 is 5.97 Å². The van der Waals surface area contributed by atoms with Crippen molar-refractivity contribution in [3.63, 3.8) is 0 Å². The average molecular weight is 170 g/mol. The molecule has 1 aliphatic carbocycles. The lowest BCUT2D eigenvalue weighted by atomic mass is 9.77. The van der Waals surface area contributed by atoms with Crippen molar-refractivity contribution in [1.82, 2.24) is 0 Å². The maximum Gasteiger partial charge on any atom is 0.303 e. The van der Waals surface area contributed by atoms with E-state index in [-0.39, 0.29) is 11.5 Å². The molecule has 2 aliphatic rings. The highest BCUT2D eigenvalue weighted by Crippen LogP contribution is 2.47.